The number of fused-ring (bicyclic) bond motifs is 1. The highest BCUT2D eigenvalue weighted by atomic mass is 32.1. The first kappa shape index (κ1) is 19.1. The van der Waals surface area contributed by atoms with Gasteiger partial charge in [-0.2, -0.15) is 5.10 Å². The van der Waals surface area contributed by atoms with Gasteiger partial charge in [-0.1, -0.05) is 30.3 Å². The van der Waals surface area contributed by atoms with Crippen LogP contribution < -0.4 is 5.56 Å². The zero-order valence-corrected chi connectivity index (χ0v) is 17.3. The highest BCUT2D eigenvalue weighted by molar-refractivity contribution is 7.17. The predicted octanol–water partition coefficient (Wildman–Crippen LogP) is 3.12. The highest BCUT2D eigenvalue weighted by Gasteiger charge is 2.22. The monoisotopic (exact) mass is 407 g/mol. The Hall–Kier alpha value is -3.26. The molecule has 0 radical (unpaired) electrons. The van der Waals surface area contributed by atoms with Crippen molar-refractivity contribution < 1.29 is 4.79 Å². The lowest BCUT2D eigenvalue weighted by Gasteiger charge is -2.17. The number of aryl methyl sites for hydroxylation is 1. The molecule has 4 aromatic rings. The molecule has 3 heterocycles. The van der Waals surface area contributed by atoms with E-state index in [4.69, 9.17) is 0 Å². The van der Waals surface area contributed by atoms with E-state index in [1.54, 1.807) is 11.9 Å². The molecule has 1 amide bonds. The Labute approximate surface area is 171 Å². The maximum atomic E-state index is 13.1. The van der Waals surface area contributed by atoms with Gasteiger partial charge in [-0.15, -0.1) is 11.3 Å². The number of benzene rings is 1. The Morgan fingerprint density at radius 1 is 1.21 bits per heavy atom. The Balaban J connectivity index is 1.57. The summed E-state index contributed by atoms with van der Waals surface area (Å²) in [5.41, 5.74) is 3.68. The number of aromatic nitrogens is 4. The number of aromatic amines is 1. The third kappa shape index (κ3) is 3.71. The zero-order valence-electron chi connectivity index (χ0n) is 16.5. The van der Waals surface area contributed by atoms with Gasteiger partial charge < -0.3 is 9.88 Å². The molecule has 0 aliphatic rings. The minimum Gasteiger partial charge on any atom is -0.334 e. The first-order valence-electron chi connectivity index (χ1n) is 9.24. The van der Waals surface area contributed by atoms with E-state index in [0.717, 1.165) is 11.3 Å². The van der Waals surface area contributed by atoms with Gasteiger partial charge in [0, 0.05) is 12.7 Å². The molecule has 1 aromatic carbocycles. The Morgan fingerprint density at radius 2 is 1.97 bits per heavy atom. The second kappa shape index (κ2) is 7.63. The number of rotatable bonds is 5. The number of carbonyl (C=O) groups is 1. The summed E-state index contributed by atoms with van der Waals surface area (Å²) in [4.78, 5) is 34.1. The van der Waals surface area contributed by atoms with Crippen molar-refractivity contribution in [3.8, 4) is 0 Å². The van der Waals surface area contributed by atoms with E-state index in [1.165, 1.54) is 11.3 Å². The summed E-state index contributed by atoms with van der Waals surface area (Å²) >= 11 is 1.35. The molecule has 29 heavy (non-hydrogen) atoms. The van der Waals surface area contributed by atoms with E-state index >= 15 is 0 Å². The van der Waals surface area contributed by atoms with Crippen LogP contribution in [0.1, 0.15) is 33.1 Å². The van der Waals surface area contributed by atoms with Crippen LogP contribution in [0.2, 0.25) is 0 Å². The Bertz CT molecular complexity index is 1240. The van der Waals surface area contributed by atoms with Crippen LogP contribution in [0.5, 0.6) is 0 Å². The van der Waals surface area contributed by atoms with E-state index in [0.29, 0.717) is 33.8 Å². The van der Waals surface area contributed by atoms with Gasteiger partial charge in [0.1, 0.15) is 10.5 Å². The van der Waals surface area contributed by atoms with Crippen molar-refractivity contribution in [3.63, 3.8) is 0 Å². The second-order valence-electron chi connectivity index (χ2n) is 7.00. The van der Waals surface area contributed by atoms with Crippen molar-refractivity contribution in [2.24, 2.45) is 0 Å². The number of thiophene rings is 1. The number of H-pyrrole nitrogens is 1. The summed E-state index contributed by atoms with van der Waals surface area (Å²) in [6, 6.07) is 11.8. The molecule has 0 spiro atoms. The maximum Gasteiger partial charge on any atom is 0.268 e. The van der Waals surface area contributed by atoms with Gasteiger partial charge >= 0.3 is 0 Å². The predicted molar refractivity (Wildman–Crippen MR) is 113 cm³/mol. The summed E-state index contributed by atoms with van der Waals surface area (Å²) in [6.07, 6.45) is 0. The zero-order chi connectivity index (χ0) is 20.5. The first-order chi connectivity index (χ1) is 13.9. The molecule has 4 rings (SSSR count). The molecule has 0 atom stereocenters. The van der Waals surface area contributed by atoms with Gasteiger partial charge in [-0.25, -0.2) is 4.98 Å². The fourth-order valence-electron chi connectivity index (χ4n) is 3.40. The third-order valence-electron chi connectivity index (χ3n) is 4.87. The lowest BCUT2D eigenvalue weighted by molar-refractivity contribution is 0.0780. The molecule has 0 unspecified atom stereocenters. The van der Waals surface area contributed by atoms with E-state index in [2.05, 4.69) is 15.1 Å². The maximum absolute atomic E-state index is 13.1. The molecule has 148 valence electrons. The van der Waals surface area contributed by atoms with Crippen molar-refractivity contribution in [1.82, 2.24) is 24.6 Å². The van der Waals surface area contributed by atoms with Gasteiger partial charge in [0.2, 0.25) is 0 Å². The van der Waals surface area contributed by atoms with E-state index in [9.17, 15) is 9.59 Å². The fourth-order valence-corrected chi connectivity index (χ4v) is 4.13. The minimum absolute atomic E-state index is 0.146. The molecule has 0 saturated heterocycles. The molecule has 0 saturated carbocycles. The second-order valence-corrected chi connectivity index (χ2v) is 7.91. The topological polar surface area (TPSA) is 83.9 Å². The van der Waals surface area contributed by atoms with Crippen molar-refractivity contribution in [2.75, 3.05) is 7.05 Å². The molecule has 0 fully saturated rings. The van der Waals surface area contributed by atoms with E-state index < -0.39 is 0 Å². The standard InChI is InChI=1S/C21H21N5O2S/c1-13-18(14(2)26(24-13)11-15-7-5-4-6-8-15)21(28)25(3)12-17-22-16-9-10-29-19(16)20(27)23-17/h4-10H,11-12H2,1-3H3,(H,22,23,27). The number of amides is 1. The SMILES string of the molecule is Cc1nn(Cc2ccccc2)c(C)c1C(=O)N(C)Cc1nc2ccsc2c(=O)[nH]1. The smallest absolute Gasteiger partial charge is 0.268 e. The fraction of sp³-hybridized carbons (Fsp3) is 0.238. The number of nitrogens with one attached hydrogen (secondary N) is 1. The van der Waals surface area contributed by atoms with Crippen LogP contribution >= 0.6 is 11.3 Å². The van der Waals surface area contributed by atoms with Crippen LogP contribution in [-0.2, 0) is 13.1 Å². The van der Waals surface area contributed by atoms with Crippen LogP contribution in [0, 0.1) is 13.8 Å². The van der Waals surface area contributed by atoms with Crippen molar-refractivity contribution >= 4 is 27.5 Å². The third-order valence-corrected chi connectivity index (χ3v) is 5.77. The highest BCUT2D eigenvalue weighted by Crippen LogP contribution is 2.18. The average Bonchev–Trinajstić information content (AvgIpc) is 3.27. The minimum atomic E-state index is -0.177. The summed E-state index contributed by atoms with van der Waals surface area (Å²) in [5.74, 6) is 0.316. The van der Waals surface area contributed by atoms with E-state index in [1.807, 2.05) is 60.3 Å². The molecule has 1 N–H and O–H groups in total. The van der Waals surface area contributed by atoms with Gasteiger partial charge in [-0.3, -0.25) is 14.3 Å². The van der Waals surface area contributed by atoms with Crippen LogP contribution in [0.3, 0.4) is 0 Å². The lowest BCUT2D eigenvalue weighted by atomic mass is 10.1. The van der Waals surface area contributed by atoms with Gasteiger partial charge in [0.25, 0.3) is 11.5 Å². The van der Waals surface area contributed by atoms with Gasteiger partial charge in [0.15, 0.2) is 0 Å². The number of nitrogens with zero attached hydrogens (tertiary/aromatic N) is 4. The molecular formula is C21H21N5O2S. The van der Waals surface area contributed by atoms with Gasteiger partial charge in [0.05, 0.1) is 29.9 Å². The van der Waals surface area contributed by atoms with E-state index in [-0.39, 0.29) is 18.0 Å². The summed E-state index contributed by atoms with van der Waals surface area (Å²) in [6.45, 7) is 4.56. The van der Waals surface area contributed by atoms with Crippen LogP contribution in [-0.4, -0.2) is 37.6 Å². The molecule has 3 aromatic heterocycles. The molecule has 0 aliphatic carbocycles. The van der Waals surface area contributed by atoms with Gasteiger partial charge in [-0.05, 0) is 30.9 Å². The molecule has 7 nitrogen and oxygen atoms in total. The number of carbonyl (C=O) groups excluding carboxylic acids is 1. The number of hydrogen-bond donors (Lipinski definition) is 1. The molecular weight excluding hydrogens is 386 g/mol. The van der Waals surface area contributed by atoms with Crippen molar-refractivity contribution in [3.05, 3.63) is 80.5 Å². The Kier molecular flexibility index (Phi) is 5.02. The Morgan fingerprint density at radius 3 is 2.72 bits per heavy atom. The lowest BCUT2D eigenvalue weighted by Crippen LogP contribution is -2.29. The molecule has 8 heteroatoms. The largest absolute Gasteiger partial charge is 0.334 e. The number of hydrogen-bond acceptors (Lipinski definition) is 5. The van der Waals surface area contributed by atoms with Crippen LogP contribution in [0.15, 0.2) is 46.6 Å². The summed E-state index contributed by atoms with van der Waals surface area (Å²) in [7, 11) is 1.70. The summed E-state index contributed by atoms with van der Waals surface area (Å²) in [5, 5.41) is 6.39. The summed E-state index contributed by atoms with van der Waals surface area (Å²) < 4.78 is 2.44. The van der Waals surface area contributed by atoms with Crippen LogP contribution in [0.4, 0.5) is 0 Å². The normalized spacial score (nSPS) is 11.1. The van der Waals surface area contributed by atoms with Crippen molar-refractivity contribution in [2.45, 2.75) is 26.9 Å². The van der Waals surface area contributed by atoms with Crippen molar-refractivity contribution in [1.29, 1.82) is 0 Å². The first-order valence-corrected chi connectivity index (χ1v) is 10.1. The quantitative estimate of drug-likeness (QED) is 0.551. The average molecular weight is 407 g/mol. The molecule has 0 aliphatic heterocycles. The van der Waals surface area contributed by atoms with Crippen LogP contribution in [0.25, 0.3) is 10.2 Å². The molecule has 0 bridgehead atoms.